The summed E-state index contributed by atoms with van der Waals surface area (Å²) in [5.41, 5.74) is 8.45. The van der Waals surface area contributed by atoms with Crippen molar-refractivity contribution < 1.29 is 18.3 Å². The highest BCUT2D eigenvalue weighted by molar-refractivity contribution is 9.10. The Morgan fingerprint density at radius 2 is 1.70 bits per heavy atom. The fourth-order valence-electron chi connectivity index (χ4n) is 3.34. The van der Waals surface area contributed by atoms with E-state index in [0.29, 0.717) is 5.57 Å². The van der Waals surface area contributed by atoms with Gasteiger partial charge in [0.05, 0.1) is 19.1 Å². The minimum absolute atomic E-state index is 0.0156. The Balaban J connectivity index is 2.35. The molecule has 1 aliphatic rings. The Hall–Kier alpha value is -2.36. The maximum Gasteiger partial charge on any atom is 0.396 e. The molecule has 3 rings (SSSR count). The van der Waals surface area contributed by atoms with Gasteiger partial charge in [-0.05, 0) is 37.1 Å². The number of halogens is 1. The normalized spacial score (nSPS) is 16.9. The third kappa shape index (κ3) is 4.38. The zero-order chi connectivity index (χ0) is 21.7. The van der Waals surface area contributed by atoms with Crippen LogP contribution in [0.25, 0.3) is 5.57 Å². The van der Waals surface area contributed by atoms with Gasteiger partial charge in [0.1, 0.15) is 11.6 Å². The largest absolute Gasteiger partial charge is 0.432 e. The molecule has 0 aromatic heterocycles. The lowest BCUT2D eigenvalue weighted by atomic mass is 9.81. The Morgan fingerprint density at radius 3 is 2.23 bits per heavy atom. The van der Waals surface area contributed by atoms with Crippen molar-refractivity contribution in [2.75, 3.05) is 13.2 Å². The maximum absolute atomic E-state index is 13.7. The molecule has 0 saturated heterocycles. The molecule has 2 aromatic carbocycles. The Labute approximate surface area is 184 Å². The number of hydrogen-bond donors (Lipinski definition) is 1. The minimum atomic E-state index is -3.83. The number of nitriles is 1. The van der Waals surface area contributed by atoms with E-state index in [1.54, 1.807) is 13.8 Å². The van der Waals surface area contributed by atoms with Crippen LogP contribution in [0, 0.1) is 11.3 Å². The van der Waals surface area contributed by atoms with Gasteiger partial charge in [-0.1, -0.05) is 58.4 Å². The summed E-state index contributed by atoms with van der Waals surface area (Å²) < 4.78 is 31.5. The molecule has 1 aliphatic heterocycles. The van der Waals surface area contributed by atoms with Crippen molar-refractivity contribution >= 4 is 29.1 Å². The van der Waals surface area contributed by atoms with E-state index in [1.165, 1.54) is 0 Å². The summed E-state index contributed by atoms with van der Waals surface area (Å²) >= 11 is 3.44. The smallest absolute Gasteiger partial charge is 0.396 e. The summed E-state index contributed by atoms with van der Waals surface area (Å²) in [4.78, 5) is 0. The molecule has 156 valence electrons. The van der Waals surface area contributed by atoms with Gasteiger partial charge in [-0.3, -0.25) is 4.57 Å². The van der Waals surface area contributed by atoms with Crippen molar-refractivity contribution in [3.8, 4) is 6.07 Å². The fourth-order valence-corrected chi connectivity index (χ4v) is 5.35. The Kier molecular flexibility index (Phi) is 7.17. The summed E-state index contributed by atoms with van der Waals surface area (Å²) in [5.74, 6) is -0.705. The number of allylic oxidation sites excluding steroid dienone is 2. The van der Waals surface area contributed by atoms with Gasteiger partial charge in [-0.25, -0.2) is 0 Å². The molecule has 1 heterocycles. The van der Waals surface area contributed by atoms with E-state index in [-0.39, 0.29) is 30.2 Å². The average molecular weight is 489 g/mol. The van der Waals surface area contributed by atoms with E-state index in [2.05, 4.69) is 22.0 Å². The summed E-state index contributed by atoms with van der Waals surface area (Å²) in [7, 11) is -3.83. The minimum Gasteiger partial charge on any atom is -0.432 e. The highest BCUT2D eigenvalue weighted by Gasteiger charge is 2.43. The molecule has 0 amide bonds. The molecular weight excluding hydrogens is 467 g/mol. The van der Waals surface area contributed by atoms with Crippen LogP contribution < -0.4 is 5.73 Å². The highest BCUT2D eigenvalue weighted by Crippen LogP contribution is 2.63. The van der Waals surface area contributed by atoms with Gasteiger partial charge in [-0.15, -0.1) is 0 Å². The van der Waals surface area contributed by atoms with Crippen LogP contribution >= 0.6 is 23.5 Å². The first-order chi connectivity index (χ1) is 14.4. The molecule has 0 bridgehead atoms. The Morgan fingerprint density at radius 1 is 1.10 bits per heavy atom. The topological polar surface area (TPSA) is 94.6 Å². The molecule has 0 radical (unpaired) electrons. The van der Waals surface area contributed by atoms with E-state index >= 15 is 0 Å². The maximum atomic E-state index is 13.7. The van der Waals surface area contributed by atoms with Gasteiger partial charge in [0, 0.05) is 10.0 Å². The van der Waals surface area contributed by atoms with Crippen molar-refractivity contribution in [3.63, 3.8) is 0 Å². The van der Waals surface area contributed by atoms with Crippen LogP contribution in [0.3, 0.4) is 0 Å². The van der Waals surface area contributed by atoms with Crippen molar-refractivity contribution in [2.45, 2.75) is 19.8 Å². The van der Waals surface area contributed by atoms with E-state index in [4.69, 9.17) is 19.5 Å². The average Bonchev–Trinajstić information content (AvgIpc) is 2.74. The third-order valence-electron chi connectivity index (χ3n) is 4.54. The lowest BCUT2D eigenvalue weighted by Gasteiger charge is -2.32. The van der Waals surface area contributed by atoms with Gasteiger partial charge in [0.2, 0.25) is 11.4 Å². The van der Waals surface area contributed by atoms with E-state index < -0.39 is 13.5 Å². The van der Waals surface area contributed by atoms with Crippen LogP contribution in [0.15, 0.2) is 76.0 Å². The molecule has 0 fully saturated rings. The van der Waals surface area contributed by atoms with E-state index in [1.807, 2.05) is 54.6 Å². The van der Waals surface area contributed by atoms with Gasteiger partial charge in [0.15, 0.2) is 0 Å². The zero-order valence-electron chi connectivity index (χ0n) is 16.7. The number of nitrogens with two attached hydrogens (primary N) is 1. The molecule has 1 unspecified atom stereocenters. The number of hydrogen-bond acceptors (Lipinski definition) is 6. The van der Waals surface area contributed by atoms with E-state index in [0.717, 1.165) is 15.6 Å². The molecule has 0 spiro atoms. The second-order valence-electron chi connectivity index (χ2n) is 6.39. The van der Waals surface area contributed by atoms with Crippen LogP contribution in [0.4, 0.5) is 0 Å². The van der Waals surface area contributed by atoms with E-state index in [9.17, 15) is 9.83 Å². The van der Waals surface area contributed by atoms with Gasteiger partial charge in [0.25, 0.3) is 0 Å². The molecule has 0 saturated carbocycles. The quantitative estimate of drug-likeness (QED) is 0.488. The number of rotatable bonds is 7. The SMILES string of the molecule is CCOP(=O)(OCC)C1=C(c2ccccc2)C(c2ccc(Br)cc2)C(C#N)=C(N)O1. The molecule has 8 heteroatoms. The summed E-state index contributed by atoms with van der Waals surface area (Å²) in [6.45, 7) is 3.76. The summed E-state index contributed by atoms with van der Waals surface area (Å²) in [6, 6.07) is 19.0. The second-order valence-corrected chi connectivity index (χ2v) is 9.23. The van der Waals surface area contributed by atoms with Crippen molar-refractivity contribution in [3.05, 3.63) is 87.2 Å². The summed E-state index contributed by atoms with van der Waals surface area (Å²) in [5, 5.41) is 9.88. The fraction of sp³-hybridized carbons (Fsp3) is 0.227. The number of benzene rings is 2. The van der Waals surface area contributed by atoms with Crippen LogP contribution in [0.5, 0.6) is 0 Å². The molecule has 2 aromatic rings. The summed E-state index contributed by atoms with van der Waals surface area (Å²) in [6.07, 6.45) is 0. The predicted molar refractivity (Wildman–Crippen MR) is 119 cm³/mol. The van der Waals surface area contributed by atoms with Crippen molar-refractivity contribution in [1.29, 1.82) is 5.26 Å². The van der Waals surface area contributed by atoms with Crippen LogP contribution in [0.2, 0.25) is 0 Å². The molecule has 30 heavy (non-hydrogen) atoms. The molecule has 2 N–H and O–H groups in total. The lowest BCUT2D eigenvalue weighted by Crippen LogP contribution is -2.21. The van der Waals surface area contributed by atoms with Gasteiger partial charge >= 0.3 is 7.60 Å². The van der Waals surface area contributed by atoms with Gasteiger partial charge < -0.3 is 19.5 Å². The third-order valence-corrected chi connectivity index (χ3v) is 7.09. The molecule has 1 atom stereocenters. The highest BCUT2D eigenvalue weighted by atomic mass is 79.9. The zero-order valence-corrected chi connectivity index (χ0v) is 19.2. The molecule has 6 nitrogen and oxygen atoms in total. The van der Waals surface area contributed by atoms with Crippen molar-refractivity contribution in [2.24, 2.45) is 5.73 Å². The number of nitrogens with zero attached hydrogens (tertiary/aromatic N) is 1. The first-order valence-corrected chi connectivity index (χ1v) is 11.8. The van der Waals surface area contributed by atoms with Crippen LogP contribution in [-0.4, -0.2) is 13.2 Å². The predicted octanol–water partition coefficient (Wildman–Crippen LogP) is 5.89. The first kappa shape index (κ1) is 22.3. The Bertz CT molecular complexity index is 1050. The lowest BCUT2D eigenvalue weighted by molar-refractivity contribution is 0.199. The van der Waals surface area contributed by atoms with Crippen LogP contribution in [-0.2, 0) is 18.3 Å². The first-order valence-electron chi connectivity index (χ1n) is 9.47. The molecule has 0 aliphatic carbocycles. The second kappa shape index (κ2) is 9.63. The monoisotopic (exact) mass is 488 g/mol. The molecular formula is C22H22BrN2O4P. The van der Waals surface area contributed by atoms with Crippen molar-refractivity contribution in [1.82, 2.24) is 0 Å². The number of ether oxygens (including phenoxy) is 1. The van der Waals surface area contributed by atoms with Gasteiger partial charge in [-0.2, -0.15) is 5.26 Å². The standard InChI is InChI=1S/C22H22BrN2O4P/c1-3-27-30(26,28-4-2)22-20(15-8-6-5-7-9-15)19(18(14-24)21(25)29-22)16-10-12-17(23)13-11-16/h5-13,19H,3-4,25H2,1-2H3. The van der Waals surface area contributed by atoms with Crippen LogP contribution in [0.1, 0.15) is 30.9 Å².